The molecule has 6 aromatic rings. The van der Waals surface area contributed by atoms with Gasteiger partial charge in [0, 0.05) is 52.3 Å². The lowest BCUT2D eigenvalue weighted by molar-refractivity contribution is 0.628. The number of pyridine rings is 3. The molecule has 0 unspecified atom stereocenters. The van der Waals surface area contributed by atoms with Crippen molar-refractivity contribution in [3.63, 3.8) is 0 Å². The number of benzene rings is 1. The lowest BCUT2D eigenvalue weighted by Gasteiger charge is -2.02. The Balaban J connectivity index is 1.50. The number of hydrogen-bond donors (Lipinski definition) is 2. The molecule has 0 aliphatic heterocycles. The molecule has 0 atom stereocenters. The Hall–Kier alpha value is -4.39. The van der Waals surface area contributed by atoms with E-state index in [-0.39, 0.29) is 5.82 Å². The minimum Gasteiger partial charge on any atom is -0.352 e. The molecule has 0 amide bonds. The normalized spacial score (nSPS) is 11.4. The van der Waals surface area contributed by atoms with Gasteiger partial charge in [-0.3, -0.25) is 15.1 Å². The summed E-state index contributed by atoms with van der Waals surface area (Å²) in [7, 11) is 0. The monoisotopic (exact) mass is 420 g/mol. The summed E-state index contributed by atoms with van der Waals surface area (Å²) in [6.07, 6.45) is 9.05. The van der Waals surface area contributed by atoms with Gasteiger partial charge in [-0.25, -0.2) is 9.37 Å². The van der Waals surface area contributed by atoms with Gasteiger partial charge in [0.05, 0.1) is 23.1 Å². The van der Waals surface area contributed by atoms with Gasteiger partial charge in [0.1, 0.15) is 5.82 Å². The van der Waals surface area contributed by atoms with Crippen LogP contribution in [0.1, 0.15) is 5.56 Å². The Kier molecular flexibility index (Phi) is 4.07. The molecule has 0 saturated carbocycles. The first kappa shape index (κ1) is 18.4. The Labute approximate surface area is 182 Å². The van der Waals surface area contributed by atoms with Crippen LogP contribution in [0.2, 0.25) is 0 Å². The van der Waals surface area contributed by atoms with Crippen LogP contribution in [-0.4, -0.2) is 30.1 Å². The summed E-state index contributed by atoms with van der Waals surface area (Å²) in [6, 6.07) is 12.6. The molecule has 32 heavy (non-hydrogen) atoms. The molecule has 6 nitrogen and oxygen atoms in total. The summed E-state index contributed by atoms with van der Waals surface area (Å²) in [5.74, 6) is -0.264. The van der Waals surface area contributed by atoms with Gasteiger partial charge in [-0.05, 0) is 48.4 Å². The first-order chi connectivity index (χ1) is 15.7. The van der Waals surface area contributed by atoms with E-state index in [1.807, 2.05) is 25.5 Å². The topological polar surface area (TPSA) is 83.1 Å². The fraction of sp³-hybridized carbons (Fsp3) is 0.0400. The highest BCUT2D eigenvalue weighted by Crippen LogP contribution is 2.34. The molecule has 6 rings (SSSR count). The summed E-state index contributed by atoms with van der Waals surface area (Å²) in [4.78, 5) is 16.6. The van der Waals surface area contributed by atoms with Crippen LogP contribution in [0.5, 0.6) is 0 Å². The maximum Gasteiger partial charge on any atom is 0.181 e. The van der Waals surface area contributed by atoms with E-state index in [9.17, 15) is 4.39 Å². The maximum atomic E-state index is 13.4. The summed E-state index contributed by atoms with van der Waals surface area (Å²) in [6.45, 7) is 2.02. The highest BCUT2D eigenvalue weighted by atomic mass is 19.1. The van der Waals surface area contributed by atoms with Crippen molar-refractivity contribution in [2.24, 2.45) is 0 Å². The second-order valence-corrected chi connectivity index (χ2v) is 7.78. The number of aryl methyl sites for hydroxylation is 1. The zero-order chi connectivity index (χ0) is 21.7. The van der Waals surface area contributed by atoms with Crippen molar-refractivity contribution in [3.05, 3.63) is 84.8 Å². The SMILES string of the molecule is Cc1cncc(-c2cnc3n[nH]c(-c4cc5c(-c6ccc(F)cc6)cncc5[nH]4)c3c2)c1. The molecule has 0 radical (unpaired) electrons. The molecule has 5 aromatic heterocycles. The summed E-state index contributed by atoms with van der Waals surface area (Å²) >= 11 is 0. The third kappa shape index (κ3) is 3.02. The van der Waals surface area contributed by atoms with E-state index >= 15 is 0 Å². The lowest BCUT2D eigenvalue weighted by Crippen LogP contribution is -1.85. The van der Waals surface area contributed by atoms with Gasteiger partial charge in [0.2, 0.25) is 0 Å². The quantitative estimate of drug-likeness (QED) is 0.386. The Bertz CT molecular complexity index is 1600. The van der Waals surface area contributed by atoms with Crippen molar-refractivity contribution in [1.82, 2.24) is 30.1 Å². The smallest absolute Gasteiger partial charge is 0.181 e. The van der Waals surface area contributed by atoms with Gasteiger partial charge in [-0.1, -0.05) is 12.1 Å². The van der Waals surface area contributed by atoms with Crippen LogP contribution in [-0.2, 0) is 0 Å². The van der Waals surface area contributed by atoms with Gasteiger partial charge in [0.15, 0.2) is 5.65 Å². The van der Waals surface area contributed by atoms with Gasteiger partial charge in [0.25, 0.3) is 0 Å². The van der Waals surface area contributed by atoms with Crippen LogP contribution in [0.4, 0.5) is 4.39 Å². The van der Waals surface area contributed by atoms with E-state index in [4.69, 9.17) is 0 Å². The second-order valence-electron chi connectivity index (χ2n) is 7.78. The Morgan fingerprint density at radius 2 is 1.59 bits per heavy atom. The zero-order valence-electron chi connectivity index (χ0n) is 17.1. The van der Waals surface area contributed by atoms with Gasteiger partial charge in [-0.2, -0.15) is 5.10 Å². The molecule has 154 valence electrons. The van der Waals surface area contributed by atoms with Gasteiger partial charge in [-0.15, -0.1) is 0 Å². The van der Waals surface area contributed by atoms with Crippen molar-refractivity contribution in [2.75, 3.05) is 0 Å². The van der Waals surface area contributed by atoms with Crippen molar-refractivity contribution >= 4 is 21.9 Å². The predicted molar refractivity (Wildman–Crippen MR) is 122 cm³/mol. The third-order valence-electron chi connectivity index (χ3n) is 5.59. The van der Waals surface area contributed by atoms with Crippen LogP contribution in [0.15, 0.2) is 73.4 Å². The summed E-state index contributed by atoms with van der Waals surface area (Å²) in [5.41, 5.74) is 8.14. The first-order valence-corrected chi connectivity index (χ1v) is 10.1. The highest BCUT2D eigenvalue weighted by molar-refractivity contribution is 6.00. The van der Waals surface area contributed by atoms with Crippen LogP contribution >= 0.6 is 0 Å². The molecule has 0 spiro atoms. The molecule has 0 saturated heterocycles. The lowest BCUT2D eigenvalue weighted by atomic mass is 10.0. The van der Waals surface area contributed by atoms with E-state index < -0.39 is 0 Å². The molecule has 0 fully saturated rings. The minimum absolute atomic E-state index is 0.264. The number of hydrogen-bond acceptors (Lipinski definition) is 4. The fourth-order valence-electron chi connectivity index (χ4n) is 4.02. The standard InChI is InChI=1S/C25H17FN6/c1-14-6-16(10-27-9-14)17-7-20-24(31-32-25(20)29-11-17)22-8-19-21(12-28-13-23(19)30-22)15-2-4-18(26)5-3-15/h2-13,30H,1H3,(H,29,31,32). The van der Waals surface area contributed by atoms with Crippen LogP contribution in [0.3, 0.4) is 0 Å². The van der Waals surface area contributed by atoms with Crippen LogP contribution < -0.4 is 0 Å². The molecule has 2 N–H and O–H groups in total. The Morgan fingerprint density at radius 3 is 2.44 bits per heavy atom. The van der Waals surface area contributed by atoms with E-state index in [0.29, 0.717) is 5.65 Å². The summed E-state index contributed by atoms with van der Waals surface area (Å²) < 4.78 is 13.4. The summed E-state index contributed by atoms with van der Waals surface area (Å²) in [5, 5.41) is 9.40. The molecule has 5 heterocycles. The minimum atomic E-state index is -0.264. The molecule has 0 bridgehead atoms. The van der Waals surface area contributed by atoms with Gasteiger partial charge >= 0.3 is 0 Å². The number of H-pyrrole nitrogens is 2. The van der Waals surface area contributed by atoms with E-state index in [1.54, 1.807) is 24.5 Å². The maximum absolute atomic E-state index is 13.4. The number of aromatic nitrogens is 6. The molecule has 0 aliphatic carbocycles. The average Bonchev–Trinajstić information content (AvgIpc) is 3.43. The predicted octanol–water partition coefficient (Wildman–Crippen LogP) is 5.68. The number of nitrogens with one attached hydrogen (secondary N) is 2. The Morgan fingerprint density at radius 1 is 0.781 bits per heavy atom. The number of halogens is 1. The van der Waals surface area contributed by atoms with E-state index in [0.717, 1.165) is 55.5 Å². The first-order valence-electron chi connectivity index (χ1n) is 10.1. The number of nitrogens with zero attached hydrogens (tertiary/aromatic N) is 4. The van der Waals surface area contributed by atoms with E-state index in [1.165, 1.54) is 12.1 Å². The second kappa shape index (κ2) is 7.09. The number of fused-ring (bicyclic) bond motifs is 2. The average molecular weight is 420 g/mol. The van der Waals surface area contributed by atoms with Crippen molar-refractivity contribution in [2.45, 2.75) is 6.92 Å². The van der Waals surface area contributed by atoms with Crippen molar-refractivity contribution < 1.29 is 4.39 Å². The van der Waals surface area contributed by atoms with Crippen LogP contribution in [0.25, 0.3) is 55.6 Å². The van der Waals surface area contributed by atoms with Crippen LogP contribution in [0, 0.1) is 12.7 Å². The van der Waals surface area contributed by atoms with Gasteiger partial charge < -0.3 is 4.98 Å². The highest BCUT2D eigenvalue weighted by Gasteiger charge is 2.15. The zero-order valence-corrected chi connectivity index (χ0v) is 17.1. The van der Waals surface area contributed by atoms with E-state index in [2.05, 4.69) is 48.3 Å². The molecular weight excluding hydrogens is 403 g/mol. The number of rotatable bonds is 3. The molecular formula is C25H17FN6. The largest absolute Gasteiger partial charge is 0.352 e. The number of aromatic amines is 2. The fourth-order valence-corrected chi connectivity index (χ4v) is 4.02. The molecule has 0 aliphatic rings. The third-order valence-corrected chi connectivity index (χ3v) is 5.59. The van der Waals surface area contributed by atoms with Crippen molar-refractivity contribution in [1.29, 1.82) is 0 Å². The van der Waals surface area contributed by atoms with Crippen molar-refractivity contribution in [3.8, 4) is 33.6 Å². The molecule has 7 heteroatoms. The molecule has 1 aromatic carbocycles.